The molecule has 150 valence electrons. The summed E-state index contributed by atoms with van der Waals surface area (Å²) in [6.07, 6.45) is 1.22. The number of aryl methyl sites for hydroxylation is 1. The Hall–Kier alpha value is -2.55. The second-order valence-electron chi connectivity index (χ2n) is 6.97. The highest BCUT2D eigenvalue weighted by Crippen LogP contribution is 2.34. The number of hydrogen-bond donors (Lipinski definition) is 1. The lowest BCUT2D eigenvalue weighted by molar-refractivity contribution is -0.111. The first-order valence-corrected chi connectivity index (χ1v) is 10.6. The molecule has 1 aromatic carbocycles. The van der Waals surface area contributed by atoms with E-state index < -0.39 is 34.0 Å². The monoisotopic (exact) mass is 409 g/mol. The predicted octanol–water partition coefficient (Wildman–Crippen LogP) is 2.93. The number of anilines is 1. The minimum atomic E-state index is -3.38. The van der Waals surface area contributed by atoms with Gasteiger partial charge in [0.25, 0.3) is 5.91 Å². The molecule has 2 aromatic rings. The summed E-state index contributed by atoms with van der Waals surface area (Å²) in [6.45, 7) is 0. The molecule has 0 unspecified atom stereocenters. The second-order valence-corrected chi connectivity index (χ2v) is 8.98. The maximum atomic E-state index is 13.6. The van der Waals surface area contributed by atoms with Gasteiger partial charge in [-0.25, -0.2) is 17.2 Å². The van der Waals surface area contributed by atoms with E-state index in [2.05, 4.69) is 10.4 Å². The Labute approximate surface area is 162 Å². The fraction of sp³-hybridized carbons (Fsp3) is 0.368. The van der Waals surface area contributed by atoms with E-state index in [9.17, 15) is 22.0 Å². The lowest BCUT2D eigenvalue weighted by Crippen LogP contribution is -2.15. The van der Waals surface area contributed by atoms with Gasteiger partial charge < -0.3 is 5.32 Å². The van der Waals surface area contributed by atoms with Crippen LogP contribution in [0.4, 0.5) is 14.6 Å². The first-order valence-electron chi connectivity index (χ1n) is 8.75. The van der Waals surface area contributed by atoms with Gasteiger partial charge in [0.1, 0.15) is 12.3 Å². The van der Waals surface area contributed by atoms with Crippen molar-refractivity contribution in [1.82, 2.24) is 9.78 Å². The van der Waals surface area contributed by atoms with Crippen molar-refractivity contribution >= 4 is 27.1 Å². The molecule has 0 aliphatic heterocycles. The first kappa shape index (κ1) is 20.2. The van der Waals surface area contributed by atoms with Crippen LogP contribution in [0, 0.1) is 5.92 Å². The van der Waals surface area contributed by atoms with Gasteiger partial charge in [-0.05, 0) is 36.5 Å². The number of nitrogens with zero attached hydrogens (tertiary/aromatic N) is 2. The predicted molar refractivity (Wildman–Crippen MR) is 102 cm³/mol. The van der Waals surface area contributed by atoms with E-state index in [0.29, 0.717) is 11.4 Å². The Kier molecular flexibility index (Phi) is 5.64. The SMILES string of the molecule is Cn1ccc(NC(=O)/C(=C/[C@H]2C[C@@H](F)[C@@H](F)C2)c2ccc(S(C)(=O)=O)cc2)n1. The Morgan fingerprint density at radius 3 is 2.29 bits per heavy atom. The summed E-state index contributed by atoms with van der Waals surface area (Å²) in [7, 11) is -1.67. The number of rotatable bonds is 5. The van der Waals surface area contributed by atoms with Gasteiger partial charge in [0.15, 0.2) is 15.7 Å². The van der Waals surface area contributed by atoms with Crippen LogP contribution in [0.5, 0.6) is 0 Å². The highest BCUT2D eigenvalue weighted by atomic mass is 32.2. The average Bonchev–Trinajstić information content (AvgIpc) is 3.17. The summed E-state index contributed by atoms with van der Waals surface area (Å²) in [6, 6.07) is 7.44. The Balaban J connectivity index is 1.93. The standard InChI is InChI=1S/C19H21F2N3O3S/c1-24-8-7-18(23-24)22-19(25)15(9-12-10-16(20)17(21)11-12)13-3-5-14(6-4-13)28(2,26)27/h3-9,12,16-17H,10-11H2,1-2H3,(H,22,23,25)/b15-9+/t12-,16+,17-. The maximum Gasteiger partial charge on any atom is 0.257 e. The van der Waals surface area contributed by atoms with Crippen LogP contribution >= 0.6 is 0 Å². The van der Waals surface area contributed by atoms with Crippen LogP contribution in [0.1, 0.15) is 18.4 Å². The molecular weight excluding hydrogens is 388 g/mol. The van der Waals surface area contributed by atoms with E-state index >= 15 is 0 Å². The van der Waals surface area contributed by atoms with Crippen LogP contribution in [0.3, 0.4) is 0 Å². The normalized spacial score (nSPS) is 23.0. The number of carbonyl (C=O) groups is 1. The lowest BCUT2D eigenvalue weighted by Gasteiger charge is -2.11. The molecule has 0 radical (unpaired) electrons. The molecule has 0 saturated heterocycles. The summed E-state index contributed by atoms with van der Waals surface area (Å²) >= 11 is 0. The summed E-state index contributed by atoms with van der Waals surface area (Å²) in [4.78, 5) is 12.9. The third-order valence-electron chi connectivity index (χ3n) is 4.64. The van der Waals surface area contributed by atoms with Crippen molar-refractivity contribution in [2.75, 3.05) is 11.6 Å². The number of aromatic nitrogens is 2. The van der Waals surface area contributed by atoms with E-state index in [1.54, 1.807) is 25.4 Å². The van der Waals surface area contributed by atoms with Crippen LogP contribution < -0.4 is 5.32 Å². The Morgan fingerprint density at radius 1 is 1.18 bits per heavy atom. The van der Waals surface area contributed by atoms with Gasteiger partial charge in [0.05, 0.1) is 4.90 Å². The molecule has 9 heteroatoms. The highest BCUT2D eigenvalue weighted by Gasteiger charge is 2.34. The molecule has 3 atom stereocenters. The van der Waals surface area contributed by atoms with Crippen molar-refractivity contribution in [2.24, 2.45) is 13.0 Å². The lowest BCUT2D eigenvalue weighted by atomic mass is 9.98. The van der Waals surface area contributed by atoms with Gasteiger partial charge in [-0.3, -0.25) is 9.48 Å². The molecule has 3 rings (SSSR count). The maximum absolute atomic E-state index is 13.6. The van der Waals surface area contributed by atoms with Gasteiger partial charge in [0, 0.05) is 31.1 Å². The molecule has 1 aliphatic rings. The van der Waals surface area contributed by atoms with Crippen LogP contribution in [-0.2, 0) is 21.7 Å². The smallest absolute Gasteiger partial charge is 0.257 e. The summed E-state index contributed by atoms with van der Waals surface area (Å²) in [5.41, 5.74) is 0.676. The minimum Gasteiger partial charge on any atom is -0.305 e. The molecule has 1 amide bonds. The summed E-state index contributed by atoms with van der Waals surface area (Å²) < 4.78 is 52.0. The quantitative estimate of drug-likeness (QED) is 0.770. The number of nitrogens with one attached hydrogen (secondary N) is 1. The van der Waals surface area contributed by atoms with Crippen molar-refractivity contribution in [3.05, 3.63) is 48.2 Å². The van der Waals surface area contributed by atoms with Crippen molar-refractivity contribution in [3.8, 4) is 0 Å². The van der Waals surface area contributed by atoms with E-state index in [1.165, 1.54) is 28.9 Å². The molecule has 6 nitrogen and oxygen atoms in total. The molecule has 1 fully saturated rings. The number of hydrogen-bond acceptors (Lipinski definition) is 4. The van der Waals surface area contributed by atoms with E-state index in [4.69, 9.17) is 0 Å². The van der Waals surface area contributed by atoms with Crippen molar-refractivity contribution in [3.63, 3.8) is 0 Å². The van der Waals surface area contributed by atoms with Crippen LogP contribution in [-0.4, -0.2) is 42.7 Å². The molecule has 0 spiro atoms. The number of allylic oxidation sites excluding steroid dienone is 1. The zero-order chi connectivity index (χ0) is 20.5. The molecule has 1 aromatic heterocycles. The van der Waals surface area contributed by atoms with Crippen molar-refractivity contribution in [1.29, 1.82) is 0 Å². The van der Waals surface area contributed by atoms with E-state index in [-0.39, 0.29) is 23.3 Å². The van der Waals surface area contributed by atoms with E-state index in [1.807, 2.05) is 0 Å². The number of benzene rings is 1. The highest BCUT2D eigenvalue weighted by molar-refractivity contribution is 7.90. The fourth-order valence-corrected chi connectivity index (χ4v) is 3.82. The number of halogens is 2. The third-order valence-corrected chi connectivity index (χ3v) is 5.77. The van der Waals surface area contributed by atoms with Gasteiger partial charge in [0.2, 0.25) is 0 Å². The minimum absolute atomic E-state index is 0.00293. The van der Waals surface area contributed by atoms with Gasteiger partial charge in [-0.15, -0.1) is 0 Å². The summed E-state index contributed by atoms with van der Waals surface area (Å²) in [5.74, 6) is -0.572. The number of carbonyl (C=O) groups excluding carboxylic acids is 1. The van der Waals surface area contributed by atoms with Crippen LogP contribution in [0.2, 0.25) is 0 Å². The second kappa shape index (κ2) is 7.83. The van der Waals surface area contributed by atoms with Crippen LogP contribution in [0.25, 0.3) is 5.57 Å². The van der Waals surface area contributed by atoms with Gasteiger partial charge in [-0.2, -0.15) is 5.10 Å². The zero-order valence-corrected chi connectivity index (χ0v) is 16.3. The van der Waals surface area contributed by atoms with Crippen molar-refractivity contribution < 1.29 is 22.0 Å². The van der Waals surface area contributed by atoms with E-state index in [0.717, 1.165) is 6.26 Å². The molecule has 0 bridgehead atoms. The topological polar surface area (TPSA) is 81.1 Å². The Morgan fingerprint density at radius 2 is 1.79 bits per heavy atom. The van der Waals surface area contributed by atoms with Crippen molar-refractivity contribution in [2.45, 2.75) is 30.1 Å². The first-order chi connectivity index (χ1) is 13.1. The largest absolute Gasteiger partial charge is 0.305 e. The molecule has 1 heterocycles. The fourth-order valence-electron chi connectivity index (χ4n) is 3.19. The molecule has 1 N–H and O–H groups in total. The zero-order valence-electron chi connectivity index (χ0n) is 15.5. The third kappa shape index (κ3) is 4.64. The number of amides is 1. The molecular formula is C19H21F2N3O3S. The number of sulfone groups is 1. The molecule has 28 heavy (non-hydrogen) atoms. The summed E-state index contributed by atoms with van der Waals surface area (Å²) in [5, 5.41) is 6.74. The Bertz CT molecular complexity index is 990. The molecule has 1 aliphatic carbocycles. The number of alkyl halides is 2. The van der Waals surface area contributed by atoms with Gasteiger partial charge >= 0.3 is 0 Å². The molecule has 1 saturated carbocycles. The van der Waals surface area contributed by atoms with Crippen LogP contribution in [0.15, 0.2) is 47.5 Å². The van der Waals surface area contributed by atoms with Gasteiger partial charge in [-0.1, -0.05) is 18.2 Å². The average molecular weight is 409 g/mol.